The summed E-state index contributed by atoms with van der Waals surface area (Å²) in [6.07, 6.45) is 0. The number of carbonyl (C=O) groups excluding carboxylic acids is 1. The van der Waals surface area contributed by atoms with E-state index in [1.165, 1.54) is 0 Å². The molecule has 0 spiro atoms. The molecule has 0 atom stereocenters. The van der Waals surface area contributed by atoms with Crippen LogP contribution in [-0.2, 0) is 11.8 Å². The Labute approximate surface area is 77.5 Å². The zero-order valence-electron chi connectivity index (χ0n) is 8.42. The molecule has 4 nitrogen and oxygen atoms in total. The van der Waals surface area contributed by atoms with Gasteiger partial charge in [-0.1, -0.05) is 0 Å². The van der Waals surface area contributed by atoms with Gasteiger partial charge in [0.1, 0.15) is 5.82 Å². The van der Waals surface area contributed by atoms with Crippen molar-refractivity contribution < 1.29 is 9.53 Å². The molecule has 0 amide bonds. The van der Waals surface area contributed by atoms with Crippen LogP contribution in [0.5, 0.6) is 0 Å². The third-order valence-corrected chi connectivity index (χ3v) is 2.07. The van der Waals surface area contributed by atoms with E-state index in [9.17, 15) is 4.79 Å². The highest BCUT2D eigenvalue weighted by molar-refractivity contribution is 5.88. The van der Waals surface area contributed by atoms with Crippen LogP contribution >= 0.6 is 0 Å². The first-order valence-corrected chi connectivity index (χ1v) is 4.25. The maximum atomic E-state index is 11.3. The first-order chi connectivity index (χ1) is 6.07. The summed E-state index contributed by atoms with van der Waals surface area (Å²) in [5, 5.41) is 0. The third kappa shape index (κ3) is 1.71. The standard InChI is InChI=1S/C9H14N2O2/c1-5-13-9(12)8-6(2)11(4)7(3)10-8/h5H2,1-4H3. The monoisotopic (exact) mass is 182 g/mol. The van der Waals surface area contributed by atoms with Crippen LogP contribution < -0.4 is 0 Å². The second-order valence-electron chi connectivity index (χ2n) is 2.87. The van der Waals surface area contributed by atoms with E-state index in [-0.39, 0.29) is 5.97 Å². The van der Waals surface area contributed by atoms with Gasteiger partial charge in [-0.2, -0.15) is 0 Å². The number of aryl methyl sites for hydroxylation is 1. The third-order valence-electron chi connectivity index (χ3n) is 2.07. The Hall–Kier alpha value is -1.32. The summed E-state index contributed by atoms with van der Waals surface area (Å²) in [7, 11) is 1.88. The lowest BCUT2D eigenvalue weighted by Gasteiger charge is -1.99. The van der Waals surface area contributed by atoms with Crippen molar-refractivity contribution in [2.75, 3.05) is 6.61 Å². The van der Waals surface area contributed by atoms with E-state index in [1.54, 1.807) is 6.92 Å². The molecule has 13 heavy (non-hydrogen) atoms. The van der Waals surface area contributed by atoms with Gasteiger partial charge in [0, 0.05) is 12.7 Å². The normalized spacial score (nSPS) is 10.2. The van der Waals surface area contributed by atoms with Gasteiger partial charge >= 0.3 is 5.97 Å². The topological polar surface area (TPSA) is 44.1 Å². The van der Waals surface area contributed by atoms with Crippen LogP contribution in [0.15, 0.2) is 0 Å². The van der Waals surface area contributed by atoms with Crippen molar-refractivity contribution in [3.8, 4) is 0 Å². The minimum Gasteiger partial charge on any atom is -0.461 e. The Kier molecular flexibility index (Phi) is 2.70. The summed E-state index contributed by atoms with van der Waals surface area (Å²) in [6, 6.07) is 0. The van der Waals surface area contributed by atoms with E-state index in [1.807, 2.05) is 25.5 Å². The number of nitrogens with zero attached hydrogens (tertiary/aromatic N) is 2. The molecule has 0 unspecified atom stereocenters. The zero-order chi connectivity index (χ0) is 10.0. The number of hydrogen-bond donors (Lipinski definition) is 0. The number of rotatable bonds is 2. The molecule has 0 saturated heterocycles. The van der Waals surface area contributed by atoms with E-state index < -0.39 is 0 Å². The minimum absolute atomic E-state index is 0.344. The molecule has 72 valence electrons. The molecule has 0 aliphatic carbocycles. The zero-order valence-corrected chi connectivity index (χ0v) is 8.42. The Balaban J connectivity index is 3.01. The fourth-order valence-corrected chi connectivity index (χ4v) is 1.11. The molecule has 1 aromatic rings. The first kappa shape index (κ1) is 9.77. The molecule has 0 aromatic carbocycles. The molecule has 1 rings (SSSR count). The predicted molar refractivity (Wildman–Crippen MR) is 48.6 cm³/mol. The molecule has 0 N–H and O–H groups in total. The molecule has 0 radical (unpaired) electrons. The SMILES string of the molecule is CCOC(=O)c1nc(C)n(C)c1C. The highest BCUT2D eigenvalue weighted by atomic mass is 16.5. The number of ether oxygens (including phenoxy) is 1. The van der Waals surface area contributed by atoms with Crippen molar-refractivity contribution in [1.29, 1.82) is 0 Å². The van der Waals surface area contributed by atoms with Crippen LogP contribution in [-0.4, -0.2) is 22.1 Å². The Bertz CT molecular complexity index is 329. The van der Waals surface area contributed by atoms with Gasteiger partial charge in [-0.3, -0.25) is 0 Å². The Morgan fingerprint density at radius 2 is 2.15 bits per heavy atom. The van der Waals surface area contributed by atoms with Crippen molar-refractivity contribution in [3.63, 3.8) is 0 Å². The van der Waals surface area contributed by atoms with E-state index in [4.69, 9.17) is 4.74 Å². The van der Waals surface area contributed by atoms with E-state index in [0.29, 0.717) is 12.3 Å². The summed E-state index contributed by atoms with van der Waals surface area (Å²) in [6.45, 7) is 5.87. The van der Waals surface area contributed by atoms with Crippen molar-refractivity contribution in [2.45, 2.75) is 20.8 Å². The molecule has 0 fully saturated rings. The fraction of sp³-hybridized carbons (Fsp3) is 0.556. The number of hydrogen-bond acceptors (Lipinski definition) is 3. The molecule has 0 saturated carbocycles. The van der Waals surface area contributed by atoms with Crippen LogP contribution in [0.2, 0.25) is 0 Å². The largest absolute Gasteiger partial charge is 0.461 e. The van der Waals surface area contributed by atoms with Crippen LogP contribution in [0.1, 0.15) is 28.9 Å². The van der Waals surface area contributed by atoms with Crippen molar-refractivity contribution in [1.82, 2.24) is 9.55 Å². The van der Waals surface area contributed by atoms with Crippen molar-refractivity contribution in [2.24, 2.45) is 7.05 Å². The van der Waals surface area contributed by atoms with Gasteiger partial charge in [-0.05, 0) is 20.8 Å². The molecule has 0 bridgehead atoms. The molecule has 0 aliphatic heterocycles. The Morgan fingerprint density at radius 3 is 2.54 bits per heavy atom. The second-order valence-corrected chi connectivity index (χ2v) is 2.87. The van der Waals surface area contributed by atoms with Crippen molar-refractivity contribution in [3.05, 3.63) is 17.2 Å². The molecule has 4 heteroatoms. The average Bonchev–Trinajstić information content (AvgIpc) is 2.33. The minimum atomic E-state index is -0.344. The summed E-state index contributed by atoms with van der Waals surface area (Å²) in [5.74, 6) is 0.476. The molecule has 1 aromatic heterocycles. The predicted octanol–water partition coefficient (Wildman–Crippen LogP) is 1.21. The summed E-state index contributed by atoms with van der Waals surface area (Å²) in [5.41, 5.74) is 1.26. The van der Waals surface area contributed by atoms with Gasteiger partial charge in [-0.25, -0.2) is 9.78 Å². The molecule has 1 heterocycles. The van der Waals surface area contributed by atoms with E-state index in [0.717, 1.165) is 11.5 Å². The number of esters is 1. The average molecular weight is 182 g/mol. The van der Waals surface area contributed by atoms with E-state index >= 15 is 0 Å². The molecular weight excluding hydrogens is 168 g/mol. The second kappa shape index (κ2) is 3.60. The van der Waals surface area contributed by atoms with Gasteiger partial charge in [-0.15, -0.1) is 0 Å². The summed E-state index contributed by atoms with van der Waals surface area (Å²) in [4.78, 5) is 15.4. The Morgan fingerprint density at radius 1 is 1.54 bits per heavy atom. The highest BCUT2D eigenvalue weighted by Crippen LogP contribution is 2.09. The van der Waals surface area contributed by atoms with Crippen LogP contribution in [0.25, 0.3) is 0 Å². The summed E-state index contributed by atoms with van der Waals surface area (Å²) >= 11 is 0. The fourth-order valence-electron chi connectivity index (χ4n) is 1.11. The lowest BCUT2D eigenvalue weighted by atomic mass is 10.3. The van der Waals surface area contributed by atoms with Gasteiger partial charge in [0.05, 0.1) is 6.61 Å². The smallest absolute Gasteiger partial charge is 0.358 e. The van der Waals surface area contributed by atoms with Gasteiger partial charge in [0.2, 0.25) is 0 Å². The maximum absolute atomic E-state index is 11.3. The number of carbonyl (C=O) groups is 1. The van der Waals surface area contributed by atoms with E-state index in [2.05, 4.69) is 4.98 Å². The maximum Gasteiger partial charge on any atom is 0.358 e. The highest BCUT2D eigenvalue weighted by Gasteiger charge is 2.16. The summed E-state index contributed by atoms with van der Waals surface area (Å²) < 4.78 is 6.73. The number of imidazole rings is 1. The van der Waals surface area contributed by atoms with Gasteiger partial charge < -0.3 is 9.30 Å². The van der Waals surface area contributed by atoms with Gasteiger partial charge in [0.25, 0.3) is 0 Å². The number of aromatic nitrogens is 2. The lowest BCUT2D eigenvalue weighted by Crippen LogP contribution is -2.07. The quantitative estimate of drug-likeness (QED) is 0.646. The molecular formula is C9H14N2O2. The lowest BCUT2D eigenvalue weighted by molar-refractivity contribution is 0.0519. The van der Waals surface area contributed by atoms with Crippen LogP contribution in [0, 0.1) is 13.8 Å². The first-order valence-electron chi connectivity index (χ1n) is 4.25. The van der Waals surface area contributed by atoms with Crippen molar-refractivity contribution >= 4 is 5.97 Å². The van der Waals surface area contributed by atoms with Crippen LogP contribution in [0.4, 0.5) is 0 Å². The van der Waals surface area contributed by atoms with Gasteiger partial charge in [0.15, 0.2) is 5.69 Å². The van der Waals surface area contributed by atoms with Crippen LogP contribution in [0.3, 0.4) is 0 Å². The molecule has 0 aliphatic rings.